The van der Waals surface area contributed by atoms with Crippen molar-refractivity contribution in [3.8, 4) is 0 Å². The van der Waals surface area contributed by atoms with Crippen molar-refractivity contribution in [3.63, 3.8) is 0 Å². The number of hydrogen-bond donors (Lipinski definition) is 3. The van der Waals surface area contributed by atoms with Gasteiger partial charge < -0.3 is 29.7 Å². The largest absolute Gasteiger partial charge is 0.390 e. The Morgan fingerprint density at radius 3 is 2.16 bits per heavy atom. The van der Waals surface area contributed by atoms with E-state index >= 15 is 0 Å². The van der Waals surface area contributed by atoms with Gasteiger partial charge in [-0.1, -0.05) is 5.16 Å². The Labute approximate surface area is 217 Å². The number of urea groups is 2. The second-order valence-corrected chi connectivity index (χ2v) is 8.85. The van der Waals surface area contributed by atoms with Crippen LogP contribution in [0.5, 0.6) is 0 Å². The van der Waals surface area contributed by atoms with E-state index in [1.165, 1.54) is 48.5 Å². The maximum absolute atomic E-state index is 13.3. The fourth-order valence-electron chi connectivity index (χ4n) is 4.05. The van der Waals surface area contributed by atoms with Crippen molar-refractivity contribution >= 4 is 23.4 Å². The van der Waals surface area contributed by atoms with Crippen LogP contribution in [0.2, 0.25) is 0 Å². The smallest absolute Gasteiger partial charge is 0.330 e. The summed E-state index contributed by atoms with van der Waals surface area (Å²) < 4.78 is 42.9. The molecule has 0 bridgehead atoms. The molecule has 3 aromatic rings. The third-order valence-corrected chi connectivity index (χ3v) is 5.96. The number of ether oxygens (including phenoxy) is 2. The molecule has 10 nitrogen and oxygen atoms in total. The van der Waals surface area contributed by atoms with E-state index in [1.54, 1.807) is 13.2 Å². The van der Waals surface area contributed by atoms with Crippen molar-refractivity contribution in [2.45, 2.75) is 44.2 Å². The molecule has 2 heterocycles. The lowest BCUT2D eigenvalue weighted by atomic mass is 9.98. The molecule has 3 N–H and O–H groups in total. The first kappa shape index (κ1) is 27.2. The van der Waals surface area contributed by atoms with Crippen molar-refractivity contribution in [1.29, 1.82) is 0 Å². The van der Waals surface area contributed by atoms with Gasteiger partial charge in [0.05, 0.1) is 24.4 Å². The van der Waals surface area contributed by atoms with Crippen LogP contribution >= 0.6 is 0 Å². The molecular weight excluding hydrogens is 502 g/mol. The first-order chi connectivity index (χ1) is 18.3. The first-order valence-electron chi connectivity index (χ1n) is 12.0. The summed E-state index contributed by atoms with van der Waals surface area (Å²) in [7, 11) is 1.54. The van der Waals surface area contributed by atoms with Gasteiger partial charge in [-0.05, 0) is 61.4 Å². The van der Waals surface area contributed by atoms with Crippen LogP contribution in [0.25, 0.3) is 0 Å². The topological polar surface area (TPSA) is 126 Å². The van der Waals surface area contributed by atoms with Gasteiger partial charge >= 0.3 is 12.1 Å². The molecule has 202 valence electrons. The summed E-state index contributed by atoms with van der Waals surface area (Å²) in [6.45, 7) is -0.00732. The molecule has 0 saturated carbocycles. The fraction of sp³-hybridized carbons (Fsp3) is 0.346. The highest BCUT2D eigenvalue weighted by atomic mass is 19.1. The summed E-state index contributed by atoms with van der Waals surface area (Å²) in [5.41, 5.74) is 1.17. The molecule has 3 atom stereocenters. The number of aliphatic hydroxyl groups excluding tert-OH is 1. The van der Waals surface area contributed by atoms with Gasteiger partial charge in [0.25, 0.3) is 0 Å². The lowest BCUT2D eigenvalue weighted by molar-refractivity contribution is -0.119. The first-order valence-corrected chi connectivity index (χ1v) is 12.0. The minimum Gasteiger partial charge on any atom is -0.390 e. The summed E-state index contributed by atoms with van der Waals surface area (Å²) in [4.78, 5) is 27.1. The molecule has 38 heavy (non-hydrogen) atoms. The molecule has 1 fully saturated rings. The number of aromatic nitrogens is 1. The molecule has 4 rings (SSSR count). The quantitative estimate of drug-likeness (QED) is 0.396. The number of nitrogens with one attached hydrogen (secondary N) is 2. The molecular formula is C26H28F2N4O6. The molecule has 0 spiro atoms. The number of methoxy groups -OCH3 is 1. The van der Waals surface area contributed by atoms with Crippen LogP contribution < -0.4 is 10.6 Å². The number of nitrogens with zero attached hydrogens (tertiary/aromatic N) is 2. The van der Waals surface area contributed by atoms with Gasteiger partial charge in [0.1, 0.15) is 24.3 Å². The zero-order chi connectivity index (χ0) is 27.1. The Bertz CT molecular complexity index is 1160. The van der Waals surface area contributed by atoms with Gasteiger partial charge in [0.2, 0.25) is 0 Å². The van der Waals surface area contributed by atoms with E-state index in [0.717, 1.165) is 4.90 Å². The van der Waals surface area contributed by atoms with E-state index in [2.05, 4.69) is 15.8 Å². The summed E-state index contributed by atoms with van der Waals surface area (Å²) in [5, 5.41) is 19.7. The molecule has 0 radical (unpaired) electrons. The van der Waals surface area contributed by atoms with Crippen molar-refractivity contribution in [2.24, 2.45) is 0 Å². The monoisotopic (exact) mass is 530 g/mol. The lowest BCUT2D eigenvalue weighted by Gasteiger charge is -2.36. The van der Waals surface area contributed by atoms with Crippen molar-refractivity contribution in [1.82, 2.24) is 10.1 Å². The fourth-order valence-corrected chi connectivity index (χ4v) is 4.05. The van der Waals surface area contributed by atoms with Gasteiger partial charge in [0, 0.05) is 31.0 Å². The number of carbonyl (C=O) groups is 2. The molecule has 0 aliphatic carbocycles. The number of hydrogen-bond acceptors (Lipinski definition) is 7. The Morgan fingerprint density at radius 1 is 1.03 bits per heavy atom. The second kappa shape index (κ2) is 12.6. The van der Waals surface area contributed by atoms with Gasteiger partial charge in [-0.15, -0.1) is 0 Å². The van der Waals surface area contributed by atoms with Crippen molar-refractivity contribution in [2.75, 3.05) is 24.3 Å². The molecule has 1 aliphatic rings. The SMILES string of the molecule is COCc1cc(CC2CCC(O)C(CN(C(=O)Nc3ccc(F)cc3)C(=O)Nc3ccc(F)cc3)O2)no1. The number of carbonyl (C=O) groups excluding carboxylic acids is 2. The molecule has 12 heteroatoms. The molecule has 1 aliphatic heterocycles. The Morgan fingerprint density at radius 2 is 1.61 bits per heavy atom. The number of anilines is 2. The average Bonchev–Trinajstić information content (AvgIpc) is 3.33. The molecule has 1 saturated heterocycles. The Hall–Kier alpha value is -3.87. The predicted octanol–water partition coefficient (Wildman–Crippen LogP) is 4.32. The van der Waals surface area contributed by atoms with Crippen LogP contribution in [0.4, 0.5) is 29.7 Å². The van der Waals surface area contributed by atoms with Gasteiger partial charge in [-0.3, -0.25) is 0 Å². The predicted molar refractivity (Wildman–Crippen MR) is 132 cm³/mol. The van der Waals surface area contributed by atoms with E-state index in [0.29, 0.717) is 30.7 Å². The number of halogens is 2. The van der Waals surface area contributed by atoms with E-state index in [1.807, 2.05) is 0 Å². The summed E-state index contributed by atoms with van der Waals surface area (Å²) in [5.74, 6) is -0.406. The molecule has 1 aromatic heterocycles. The normalized spacial score (nSPS) is 19.1. The highest BCUT2D eigenvalue weighted by Gasteiger charge is 2.35. The Balaban J connectivity index is 1.47. The van der Waals surface area contributed by atoms with Crippen molar-refractivity contribution in [3.05, 3.63) is 77.7 Å². The van der Waals surface area contributed by atoms with Gasteiger partial charge in [-0.25, -0.2) is 23.3 Å². The lowest BCUT2D eigenvalue weighted by Crippen LogP contribution is -2.52. The number of rotatable bonds is 8. The Kier molecular flexibility index (Phi) is 9.00. The maximum atomic E-state index is 13.3. The minimum atomic E-state index is -0.938. The van der Waals surface area contributed by atoms with Crippen LogP contribution in [0.1, 0.15) is 24.3 Å². The number of amides is 4. The molecule has 4 amide bonds. The summed E-state index contributed by atoms with van der Waals surface area (Å²) in [6, 6.07) is 10.2. The highest BCUT2D eigenvalue weighted by Crippen LogP contribution is 2.24. The van der Waals surface area contributed by atoms with Crippen LogP contribution in [0.15, 0.2) is 59.1 Å². The third kappa shape index (κ3) is 7.34. The summed E-state index contributed by atoms with van der Waals surface area (Å²) in [6.07, 6.45) is -0.853. The minimum absolute atomic E-state index is 0.261. The maximum Gasteiger partial charge on any atom is 0.330 e. The molecule has 3 unspecified atom stereocenters. The zero-order valence-corrected chi connectivity index (χ0v) is 20.6. The van der Waals surface area contributed by atoms with Gasteiger partial charge in [0.15, 0.2) is 5.76 Å². The van der Waals surface area contributed by atoms with E-state index in [9.17, 15) is 23.5 Å². The molecule has 2 aromatic carbocycles. The summed E-state index contributed by atoms with van der Waals surface area (Å²) >= 11 is 0. The number of aliphatic hydroxyl groups is 1. The highest BCUT2D eigenvalue weighted by molar-refractivity contribution is 6.05. The number of imide groups is 1. The van der Waals surface area contributed by atoms with E-state index < -0.39 is 35.9 Å². The standard InChI is InChI=1S/C26H28F2N4O6/c1-36-15-22-13-20(31-38-22)12-21-10-11-23(33)24(37-21)14-32(25(34)29-18-6-2-16(27)3-7-18)26(35)30-19-8-4-17(28)5-9-19/h2-9,13,21,23-24,33H,10-12,14-15H2,1H3,(H,29,34)(H,30,35). The number of benzene rings is 2. The zero-order valence-electron chi connectivity index (χ0n) is 20.6. The van der Waals surface area contributed by atoms with Crippen LogP contribution in [0.3, 0.4) is 0 Å². The second-order valence-electron chi connectivity index (χ2n) is 8.85. The van der Waals surface area contributed by atoms with Crippen molar-refractivity contribution < 1.29 is 37.5 Å². The van der Waals surface area contributed by atoms with Crippen LogP contribution in [-0.2, 0) is 22.5 Å². The third-order valence-electron chi connectivity index (χ3n) is 5.96. The van der Waals surface area contributed by atoms with Gasteiger partial charge in [-0.2, -0.15) is 0 Å². The van der Waals surface area contributed by atoms with E-state index in [4.69, 9.17) is 14.0 Å². The van der Waals surface area contributed by atoms with Crippen LogP contribution in [0, 0.1) is 11.6 Å². The average molecular weight is 531 g/mol. The van der Waals surface area contributed by atoms with E-state index in [-0.39, 0.29) is 30.6 Å². The van der Waals surface area contributed by atoms with Crippen LogP contribution in [-0.4, -0.2) is 59.2 Å².